The number of Topliss-reactive ketones (excluding diaryl/α,β-unsaturated/α-hetero) is 2. The Hall–Kier alpha value is -2.37. The lowest BCUT2D eigenvalue weighted by Crippen LogP contribution is -2.23. The zero-order valence-corrected chi connectivity index (χ0v) is 9.95. The summed E-state index contributed by atoms with van der Waals surface area (Å²) in [5.74, 6) is -1.89. The monoisotopic (exact) mass is 248 g/mol. The molecule has 0 fully saturated rings. The van der Waals surface area contributed by atoms with E-state index < -0.39 is 23.6 Å². The molecule has 0 aliphatic carbocycles. The van der Waals surface area contributed by atoms with Gasteiger partial charge in [0.25, 0.3) is 0 Å². The number of aromatic carboxylic acids is 1. The Balaban J connectivity index is 2.96. The molecular weight excluding hydrogens is 236 g/mol. The highest BCUT2D eigenvalue weighted by Crippen LogP contribution is 2.15. The minimum atomic E-state index is -1.13. The van der Waals surface area contributed by atoms with Gasteiger partial charge in [0.15, 0.2) is 17.6 Å². The van der Waals surface area contributed by atoms with Crippen LogP contribution in [0.4, 0.5) is 5.69 Å². The Bertz CT molecular complexity index is 509. The summed E-state index contributed by atoms with van der Waals surface area (Å²) < 4.78 is 0. The van der Waals surface area contributed by atoms with Crippen LogP contribution in [0.3, 0.4) is 0 Å². The topological polar surface area (TPSA) is 96.2 Å². The molecule has 6 heteroatoms. The second-order valence-corrected chi connectivity index (χ2v) is 3.69. The molecule has 94 valence electrons. The maximum absolute atomic E-state index is 11.1. The van der Waals surface area contributed by atoms with Gasteiger partial charge in [0.1, 0.15) is 0 Å². The Morgan fingerprint density at radius 3 is 2.28 bits per heavy atom. The van der Waals surface area contributed by atoms with Crippen LogP contribution in [0.2, 0.25) is 0 Å². The first-order valence-electron chi connectivity index (χ1n) is 5.17. The predicted octanol–water partition coefficient (Wildman–Crippen LogP) is 2.02. The second-order valence-electron chi connectivity index (χ2n) is 3.69. The van der Waals surface area contributed by atoms with E-state index >= 15 is 0 Å². The fraction of sp³-hybridized carbons (Fsp3) is 0.250. The molecule has 0 saturated carbocycles. The molecule has 0 aromatic heterocycles. The fourth-order valence-electron chi connectivity index (χ4n) is 1.27. The third-order valence-electron chi connectivity index (χ3n) is 2.15. The van der Waals surface area contributed by atoms with Gasteiger partial charge in [-0.1, -0.05) is 6.07 Å². The molecule has 1 rings (SSSR count). The summed E-state index contributed by atoms with van der Waals surface area (Å²) in [6, 6.07) is 4.64. The Kier molecular flexibility index (Phi) is 4.42. The van der Waals surface area contributed by atoms with Crippen LogP contribution in [0, 0.1) is 0 Å². The molecule has 1 aromatic rings. The molecule has 0 bridgehead atoms. The summed E-state index contributed by atoms with van der Waals surface area (Å²) in [7, 11) is 0. The molecular formula is C12H12N2O4. The fourth-order valence-corrected chi connectivity index (χ4v) is 1.27. The van der Waals surface area contributed by atoms with Gasteiger partial charge >= 0.3 is 5.97 Å². The summed E-state index contributed by atoms with van der Waals surface area (Å²) in [6.45, 7) is 2.50. The van der Waals surface area contributed by atoms with Crippen LogP contribution in [0.15, 0.2) is 34.5 Å². The molecule has 1 N–H and O–H groups in total. The van der Waals surface area contributed by atoms with E-state index in [0.29, 0.717) is 0 Å². The van der Waals surface area contributed by atoms with Gasteiger partial charge in [-0.05, 0) is 32.0 Å². The predicted molar refractivity (Wildman–Crippen MR) is 63.1 cm³/mol. The van der Waals surface area contributed by atoms with Crippen molar-refractivity contribution in [1.82, 2.24) is 0 Å². The quantitative estimate of drug-likeness (QED) is 0.636. The Labute approximate surface area is 103 Å². The van der Waals surface area contributed by atoms with Crippen molar-refractivity contribution in [3.8, 4) is 0 Å². The molecule has 6 nitrogen and oxygen atoms in total. The standard InChI is InChI=1S/C12H12N2O4/c1-7(15)11(8(2)16)14-13-10-5-3-4-9(6-10)12(17)18/h3-6,11H,1-2H3,(H,17,18). The second kappa shape index (κ2) is 5.81. The van der Waals surface area contributed by atoms with Crippen LogP contribution in [-0.2, 0) is 9.59 Å². The SMILES string of the molecule is CC(=O)C(N=Nc1cccc(C(=O)O)c1)C(C)=O. The number of carboxylic acid groups (broad SMARTS) is 1. The average Bonchev–Trinajstić information content (AvgIpc) is 2.28. The first-order valence-corrected chi connectivity index (χ1v) is 5.17. The van der Waals surface area contributed by atoms with E-state index in [4.69, 9.17) is 5.11 Å². The minimum Gasteiger partial charge on any atom is -0.478 e. The van der Waals surface area contributed by atoms with Crippen molar-refractivity contribution in [2.24, 2.45) is 10.2 Å². The van der Waals surface area contributed by atoms with Crippen LogP contribution in [0.5, 0.6) is 0 Å². The maximum atomic E-state index is 11.1. The average molecular weight is 248 g/mol. The lowest BCUT2D eigenvalue weighted by Gasteiger charge is -2.02. The van der Waals surface area contributed by atoms with Crippen LogP contribution in [0.1, 0.15) is 24.2 Å². The Morgan fingerprint density at radius 1 is 1.17 bits per heavy atom. The van der Waals surface area contributed by atoms with Crippen molar-refractivity contribution in [1.29, 1.82) is 0 Å². The highest BCUT2D eigenvalue weighted by Gasteiger charge is 2.18. The zero-order valence-electron chi connectivity index (χ0n) is 9.95. The number of carboxylic acids is 1. The molecule has 0 saturated heterocycles. The van der Waals surface area contributed by atoms with E-state index in [1.807, 2.05) is 0 Å². The smallest absolute Gasteiger partial charge is 0.335 e. The van der Waals surface area contributed by atoms with Crippen molar-refractivity contribution in [3.63, 3.8) is 0 Å². The lowest BCUT2D eigenvalue weighted by atomic mass is 10.1. The molecule has 1 aromatic carbocycles. The van der Waals surface area contributed by atoms with Crippen LogP contribution < -0.4 is 0 Å². The van der Waals surface area contributed by atoms with E-state index in [-0.39, 0.29) is 11.3 Å². The van der Waals surface area contributed by atoms with Crippen molar-refractivity contribution in [3.05, 3.63) is 29.8 Å². The number of carbonyl (C=O) groups excluding carboxylic acids is 2. The number of ketones is 2. The molecule has 18 heavy (non-hydrogen) atoms. The van der Waals surface area contributed by atoms with Gasteiger partial charge < -0.3 is 5.11 Å². The van der Waals surface area contributed by atoms with Gasteiger partial charge in [-0.3, -0.25) is 9.59 Å². The molecule has 0 spiro atoms. The molecule has 0 amide bonds. The molecule has 0 unspecified atom stereocenters. The van der Waals surface area contributed by atoms with Gasteiger partial charge in [0, 0.05) is 0 Å². The highest BCUT2D eigenvalue weighted by atomic mass is 16.4. The molecule has 0 atom stereocenters. The maximum Gasteiger partial charge on any atom is 0.335 e. The lowest BCUT2D eigenvalue weighted by molar-refractivity contribution is -0.126. The number of rotatable bonds is 5. The van der Waals surface area contributed by atoms with E-state index in [2.05, 4.69) is 10.2 Å². The Morgan fingerprint density at radius 2 is 1.78 bits per heavy atom. The number of hydrogen-bond donors (Lipinski definition) is 1. The minimum absolute atomic E-state index is 0.0636. The van der Waals surface area contributed by atoms with Crippen molar-refractivity contribution < 1.29 is 19.5 Å². The van der Waals surface area contributed by atoms with E-state index in [1.165, 1.54) is 38.1 Å². The van der Waals surface area contributed by atoms with Gasteiger partial charge in [-0.15, -0.1) is 0 Å². The molecule has 0 aliphatic rings. The summed E-state index contributed by atoms with van der Waals surface area (Å²) in [5, 5.41) is 16.1. The molecule has 0 heterocycles. The number of hydrogen-bond acceptors (Lipinski definition) is 5. The van der Waals surface area contributed by atoms with Crippen LogP contribution >= 0.6 is 0 Å². The van der Waals surface area contributed by atoms with Gasteiger partial charge in [0.05, 0.1) is 11.3 Å². The molecule has 0 radical (unpaired) electrons. The normalized spacial score (nSPS) is 10.8. The largest absolute Gasteiger partial charge is 0.478 e. The summed E-state index contributed by atoms with van der Waals surface area (Å²) in [4.78, 5) is 33.0. The first kappa shape index (κ1) is 13.7. The number of azo groups is 1. The van der Waals surface area contributed by atoms with Gasteiger partial charge in [-0.25, -0.2) is 4.79 Å². The highest BCUT2D eigenvalue weighted by molar-refractivity contribution is 6.04. The number of carbonyl (C=O) groups is 3. The van der Waals surface area contributed by atoms with Crippen molar-refractivity contribution in [2.45, 2.75) is 19.9 Å². The number of benzene rings is 1. The number of nitrogens with zero attached hydrogens (tertiary/aromatic N) is 2. The van der Waals surface area contributed by atoms with Crippen molar-refractivity contribution in [2.75, 3.05) is 0 Å². The third kappa shape index (κ3) is 3.58. The van der Waals surface area contributed by atoms with Crippen molar-refractivity contribution >= 4 is 23.2 Å². The van der Waals surface area contributed by atoms with Crippen LogP contribution in [-0.4, -0.2) is 28.7 Å². The van der Waals surface area contributed by atoms with E-state index in [9.17, 15) is 14.4 Å². The summed E-state index contributed by atoms with van der Waals surface area (Å²) in [6.07, 6.45) is 0. The van der Waals surface area contributed by atoms with Gasteiger partial charge in [-0.2, -0.15) is 10.2 Å². The zero-order chi connectivity index (χ0) is 13.7. The first-order chi connectivity index (χ1) is 8.41. The summed E-state index contributed by atoms with van der Waals surface area (Å²) >= 11 is 0. The molecule has 0 aliphatic heterocycles. The van der Waals surface area contributed by atoms with Crippen LogP contribution in [0.25, 0.3) is 0 Å². The summed E-state index contributed by atoms with van der Waals surface area (Å²) in [5.41, 5.74) is 0.344. The van der Waals surface area contributed by atoms with E-state index in [0.717, 1.165) is 0 Å². The van der Waals surface area contributed by atoms with Gasteiger partial charge in [0.2, 0.25) is 0 Å². The van der Waals surface area contributed by atoms with E-state index in [1.54, 1.807) is 0 Å². The third-order valence-corrected chi connectivity index (χ3v) is 2.15.